The Morgan fingerprint density at radius 1 is 1.16 bits per heavy atom. The van der Waals surface area contributed by atoms with Crippen molar-refractivity contribution in [1.82, 2.24) is 5.32 Å². The molecule has 2 N–H and O–H groups in total. The molecule has 3 unspecified atom stereocenters. The molecule has 0 saturated carbocycles. The van der Waals surface area contributed by atoms with Gasteiger partial charge >= 0.3 is 5.97 Å². The van der Waals surface area contributed by atoms with Gasteiger partial charge in [-0.1, -0.05) is 19.4 Å². The predicted octanol–water partition coefficient (Wildman–Crippen LogP) is 3.17. The summed E-state index contributed by atoms with van der Waals surface area (Å²) in [4.78, 5) is 35.4. The second-order valence-corrected chi connectivity index (χ2v) is 7.68. The van der Waals surface area contributed by atoms with Crippen LogP contribution >= 0.6 is 12.6 Å². The molecule has 0 radical (unpaired) electrons. The molecule has 2 amide bonds. The predicted molar refractivity (Wildman–Crippen MR) is 122 cm³/mol. The van der Waals surface area contributed by atoms with Gasteiger partial charge in [-0.3, -0.25) is 14.4 Å². The molecule has 1 rings (SSSR count). The lowest BCUT2D eigenvalue weighted by molar-refractivity contribution is -0.168. The molecule has 0 bridgehead atoms. The van der Waals surface area contributed by atoms with Gasteiger partial charge in [-0.15, -0.1) is 0 Å². The van der Waals surface area contributed by atoms with Crippen molar-refractivity contribution in [3.8, 4) is 5.75 Å². The Bertz CT molecular complexity index is 715. The van der Waals surface area contributed by atoms with Gasteiger partial charge in [0.25, 0.3) is 6.29 Å². The molecule has 0 aliphatic heterocycles. The molecule has 0 heterocycles. The molecule has 0 aromatic heterocycles. The van der Waals surface area contributed by atoms with Crippen LogP contribution in [0.1, 0.15) is 46.5 Å². The highest BCUT2D eigenvalue weighted by Crippen LogP contribution is 2.21. The van der Waals surface area contributed by atoms with Crippen LogP contribution in [0.25, 0.3) is 0 Å². The van der Waals surface area contributed by atoms with Crippen LogP contribution in [-0.2, 0) is 23.9 Å². The highest BCUT2D eigenvalue weighted by Gasteiger charge is 2.27. The zero-order valence-corrected chi connectivity index (χ0v) is 19.6. The lowest BCUT2D eigenvalue weighted by atomic mass is 10.00. The second kappa shape index (κ2) is 14.7. The molecule has 0 saturated heterocycles. The third kappa shape index (κ3) is 11.1. The summed E-state index contributed by atoms with van der Waals surface area (Å²) >= 11 is 4.35. The zero-order chi connectivity index (χ0) is 23.2. The lowest BCUT2D eigenvalue weighted by Crippen LogP contribution is -2.49. The first-order valence-electron chi connectivity index (χ1n) is 10.4. The van der Waals surface area contributed by atoms with E-state index < -0.39 is 18.3 Å². The number of thiol groups is 1. The van der Waals surface area contributed by atoms with Crippen LogP contribution in [-0.4, -0.2) is 49.6 Å². The van der Waals surface area contributed by atoms with Gasteiger partial charge in [0.15, 0.2) is 0 Å². The molecule has 0 fully saturated rings. The minimum atomic E-state index is -1.10. The summed E-state index contributed by atoms with van der Waals surface area (Å²) in [6.45, 7) is 4.80. The SMILES string of the molecule is CCCC(CS)CCC(=O)Nc1cccc(OC(OC(C)=O)C(COC)NC(C)=O)c1. The fourth-order valence-electron chi connectivity index (χ4n) is 3.06. The maximum absolute atomic E-state index is 12.3. The minimum absolute atomic E-state index is 0.0814. The number of amides is 2. The number of methoxy groups -OCH3 is 1. The first kappa shape index (κ1) is 26.8. The van der Waals surface area contributed by atoms with Crippen LogP contribution in [0, 0.1) is 5.92 Å². The molecule has 1 aromatic rings. The van der Waals surface area contributed by atoms with Gasteiger partial charge in [0.1, 0.15) is 11.8 Å². The van der Waals surface area contributed by atoms with E-state index in [1.54, 1.807) is 24.3 Å². The number of nitrogens with one attached hydrogen (secondary N) is 2. The largest absolute Gasteiger partial charge is 0.452 e. The Balaban J connectivity index is 2.82. The van der Waals surface area contributed by atoms with Crippen molar-refractivity contribution in [2.24, 2.45) is 5.92 Å². The number of carbonyl (C=O) groups excluding carboxylic acids is 3. The van der Waals surface area contributed by atoms with Gasteiger partial charge in [-0.25, -0.2) is 0 Å². The van der Waals surface area contributed by atoms with Gasteiger partial charge in [0.05, 0.1) is 6.61 Å². The molecule has 31 heavy (non-hydrogen) atoms. The van der Waals surface area contributed by atoms with Gasteiger partial charge in [0, 0.05) is 39.1 Å². The first-order valence-corrected chi connectivity index (χ1v) is 11.0. The van der Waals surface area contributed by atoms with Crippen LogP contribution in [0.4, 0.5) is 5.69 Å². The Kier molecular flexibility index (Phi) is 12.7. The summed E-state index contributed by atoms with van der Waals surface area (Å²) in [6, 6.07) is 6.05. The molecule has 0 aliphatic rings. The van der Waals surface area contributed by atoms with Crippen molar-refractivity contribution in [3.05, 3.63) is 24.3 Å². The van der Waals surface area contributed by atoms with Crippen molar-refractivity contribution in [2.75, 3.05) is 24.8 Å². The average molecular weight is 455 g/mol. The fourth-order valence-corrected chi connectivity index (χ4v) is 3.42. The van der Waals surface area contributed by atoms with Crippen molar-refractivity contribution >= 4 is 36.1 Å². The molecule has 3 atom stereocenters. The highest BCUT2D eigenvalue weighted by molar-refractivity contribution is 7.80. The number of benzene rings is 1. The first-order chi connectivity index (χ1) is 14.8. The number of ether oxygens (including phenoxy) is 3. The van der Waals surface area contributed by atoms with Gasteiger partial charge in [-0.05, 0) is 36.6 Å². The summed E-state index contributed by atoms with van der Waals surface area (Å²) < 4.78 is 16.2. The molecule has 9 heteroatoms. The van der Waals surface area contributed by atoms with Crippen LogP contribution in [0.15, 0.2) is 24.3 Å². The Morgan fingerprint density at radius 2 is 1.90 bits per heavy atom. The van der Waals surface area contributed by atoms with Crippen molar-refractivity contribution < 1.29 is 28.6 Å². The summed E-state index contributed by atoms with van der Waals surface area (Å²) in [5.41, 5.74) is 0.560. The molecular weight excluding hydrogens is 420 g/mol. The third-order valence-electron chi connectivity index (χ3n) is 4.45. The van der Waals surface area contributed by atoms with E-state index in [2.05, 4.69) is 30.2 Å². The number of rotatable bonds is 14. The Hall–Kier alpha value is -2.26. The van der Waals surface area contributed by atoms with Crippen LogP contribution in [0.2, 0.25) is 0 Å². The quantitative estimate of drug-likeness (QED) is 0.227. The molecular formula is C22H34N2O6S. The topological polar surface area (TPSA) is 103 Å². The van der Waals surface area contributed by atoms with Crippen LogP contribution in [0.3, 0.4) is 0 Å². The summed E-state index contributed by atoms with van der Waals surface area (Å²) in [5, 5.41) is 5.51. The Labute approximate surface area is 189 Å². The molecule has 174 valence electrons. The van der Waals surface area contributed by atoms with Crippen LogP contribution < -0.4 is 15.4 Å². The lowest BCUT2D eigenvalue weighted by Gasteiger charge is -2.27. The summed E-state index contributed by atoms with van der Waals surface area (Å²) in [6.07, 6.45) is 2.21. The Morgan fingerprint density at radius 3 is 2.48 bits per heavy atom. The van der Waals surface area contributed by atoms with E-state index in [-0.39, 0.29) is 18.4 Å². The maximum atomic E-state index is 12.3. The molecule has 8 nitrogen and oxygen atoms in total. The van der Waals surface area contributed by atoms with Gasteiger partial charge in [0.2, 0.25) is 11.8 Å². The standard InChI is InChI=1S/C22H34N2O6S/c1-5-7-17(14-31)10-11-21(27)24-18-8-6-9-19(12-18)30-22(29-16(3)26)20(13-28-4)23-15(2)25/h6,8-9,12,17,20,22,31H,5,7,10-11,13-14H2,1-4H3,(H,23,25)(H,24,27). The molecule has 1 aromatic carbocycles. The van der Waals surface area contributed by atoms with E-state index in [1.807, 2.05) is 0 Å². The van der Waals surface area contributed by atoms with E-state index in [1.165, 1.54) is 21.0 Å². The molecule has 0 spiro atoms. The van der Waals surface area contributed by atoms with Crippen molar-refractivity contribution in [2.45, 2.75) is 58.8 Å². The van der Waals surface area contributed by atoms with Crippen LogP contribution in [0.5, 0.6) is 5.75 Å². The number of esters is 1. The van der Waals surface area contributed by atoms with E-state index in [9.17, 15) is 14.4 Å². The number of hydrogen-bond donors (Lipinski definition) is 3. The average Bonchev–Trinajstić information content (AvgIpc) is 2.70. The third-order valence-corrected chi connectivity index (χ3v) is 4.97. The fraction of sp³-hybridized carbons (Fsp3) is 0.591. The zero-order valence-electron chi connectivity index (χ0n) is 18.7. The number of anilines is 1. The minimum Gasteiger partial charge on any atom is -0.452 e. The normalized spacial score (nSPS) is 13.6. The molecule has 0 aliphatic carbocycles. The summed E-state index contributed by atoms with van der Waals surface area (Å²) in [7, 11) is 1.47. The van der Waals surface area contributed by atoms with E-state index >= 15 is 0 Å². The van der Waals surface area contributed by atoms with E-state index in [4.69, 9.17) is 14.2 Å². The van der Waals surface area contributed by atoms with Crippen molar-refractivity contribution in [3.63, 3.8) is 0 Å². The highest BCUT2D eigenvalue weighted by atomic mass is 32.1. The van der Waals surface area contributed by atoms with Crippen molar-refractivity contribution in [1.29, 1.82) is 0 Å². The van der Waals surface area contributed by atoms with E-state index in [0.29, 0.717) is 23.8 Å². The number of hydrogen-bond acceptors (Lipinski definition) is 7. The van der Waals surface area contributed by atoms with Gasteiger partial charge in [-0.2, -0.15) is 12.6 Å². The summed E-state index contributed by atoms with van der Waals surface area (Å²) in [5.74, 6) is 0.587. The maximum Gasteiger partial charge on any atom is 0.305 e. The monoisotopic (exact) mass is 454 g/mol. The smallest absolute Gasteiger partial charge is 0.305 e. The number of carbonyl (C=O) groups is 3. The van der Waals surface area contributed by atoms with Gasteiger partial charge < -0.3 is 24.8 Å². The van der Waals surface area contributed by atoms with E-state index in [0.717, 1.165) is 25.0 Å². The second-order valence-electron chi connectivity index (χ2n) is 7.31.